The molecule has 0 fully saturated rings. The maximum Gasteiger partial charge on any atom is 0.147 e. The van der Waals surface area contributed by atoms with Gasteiger partial charge >= 0.3 is 0 Å². The van der Waals surface area contributed by atoms with Gasteiger partial charge in [-0.25, -0.2) is 4.39 Å². The van der Waals surface area contributed by atoms with Crippen LogP contribution in [0.15, 0.2) is 29.0 Å². The van der Waals surface area contributed by atoms with Gasteiger partial charge in [0, 0.05) is 29.7 Å². The SMILES string of the molecule is NCC(c1ccc(Br)cc1F)N1CCn2cnnc2C1. The highest BCUT2D eigenvalue weighted by molar-refractivity contribution is 9.10. The van der Waals surface area contributed by atoms with Crippen LogP contribution in [0.4, 0.5) is 4.39 Å². The van der Waals surface area contributed by atoms with Crippen molar-refractivity contribution in [3.63, 3.8) is 0 Å². The Morgan fingerprint density at radius 1 is 1.40 bits per heavy atom. The molecule has 0 aliphatic carbocycles. The number of nitrogens with zero attached hydrogens (tertiary/aromatic N) is 4. The van der Waals surface area contributed by atoms with E-state index in [0.717, 1.165) is 23.4 Å². The van der Waals surface area contributed by atoms with Gasteiger partial charge in [-0.05, 0) is 12.1 Å². The van der Waals surface area contributed by atoms with Crippen molar-refractivity contribution < 1.29 is 4.39 Å². The smallest absolute Gasteiger partial charge is 0.147 e. The molecule has 2 aromatic rings. The van der Waals surface area contributed by atoms with Crippen LogP contribution in [0.2, 0.25) is 0 Å². The number of rotatable bonds is 3. The lowest BCUT2D eigenvalue weighted by molar-refractivity contribution is 0.153. The topological polar surface area (TPSA) is 60.0 Å². The highest BCUT2D eigenvalue weighted by Crippen LogP contribution is 2.27. The Bertz CT molecular complexity index is 615. The van der Waals surface area contributed by atoms with E-state index in [0.29, 0.717) is 18.7 Å². The van der Waals surface area contributed by atoms with Gasteiger partial charge < -0.3 is 10.3 Å². The molecule has 1 unspecified atom stereocenters. The fraction of sp³-hybridized carbons (Fsp3) is 0.385. The van der Waals surface area contributed by atoms with Crippen molar-refractivity contribution in [1.29, 1.82) is 0 Å². The van der Waals surface area contributed by atoms with Gasteiger partial charge in [0.15, 0.2) is 0 Å². The molecule has 1 atom stereocenters. The van der Waals surface area contributed by atoms with Crippen LogP contribution in [-0.4, -0.2) is 32.8 Å². The highest BCUT2D eigenvalue weighted by atomic mass is 79.9. The molecule has 3 rings (SSSR count). The average Bonchev–Trinajstić information content (AvgIpc) is 2.89. The lowest BCUT2D eigenvalue weighted by Crippen LogP contribution is -2.40. The van der Waals surface area contributed by atoms with Gasteiger partial charge in [-0.2, -0.15) is 0 Å². The van der Waals surface area contributed by atoms with Crippen molar-refractivity contribution in [1.82, 2.24) is 19.7 Å². The Hall–Kier alpha value is -1.31. The van der Waals surface area contributed by atoms with Crippen LogP contribution >= 0.6 is 15.9 Å². The van der Waals surface area contributed by atoms with Crippen molar-refractivity contribution >= 4 is 15.9 Å². The molecule has 1 aromatic carbocycles. The molecular weight excluding hydrogens is 325 g/mol. The van der Waals surface area contributed by atoms with Gasteiger partial charge in [0.1, 0.15) is 18.0 Å². The molecule has 1 aliphatic rings. The molecule has 0 saturated carbocycles. The summed E-state index contributed by atoms with van der Waals surface area (Å²) in [5.41, 5.74) is 6.50. The van der Waals surface area contributed by atoms with E-state index in [1.165, 1.54) is 6.07 Å². The first-order valence-electron chi connectivity index (χ1n) is 6.45. The van der Waals surface area contributed by atoms with Crippen molar-refractivity contribution in [2.75, 3.05) is 13.1 Å². The van der Waals surface area contributed by atoms with Gasteiger partial charge in [-0.1, -0.05) is 22.0 Å². The molecule has 106 valence electrons. The van der Waals surface area contributed by atoms with Crippen LogP contribution in [0.3, 0.4) is 0 Å². The monoisotopic (exact) mass is 339 g/mol. The van der Waals surface area contributed by atoms with Crippen LogP contribution in [0.5, 0.6) is 0 Å². The first kappa shape index (κ1) is 13.7. The Balaban J connectivity index is 1.87. The summed E-state index contributed by atoms with van der Waals surface area (Å²) in [7, 11) is 0. The van der Waals surface area contributed by atoms with E-state index in [1.54, 1.807) is 12.4 Å². The minimum Gasteiger partial charge on any atom is -0.329 e. The van der Waals surface area contributed by atoms with Crippen LogP contribution in [0.25, 0.3) is 0 Å². The zero-order valence-corrected chi connectivity index (χ0v) is 12.4. The zero-order chi connectivity index (χ0) is 14.1. The number of fused-ring (bicyclic) bond motifs is 1. The molecule has 0 spiro atoms. The van der Waals surface area contributed by atoms with Gasteiger partial charge in [-0.15, -0.1) is 10.2 Å². The van der Waals surface area contributed by atoms with Gasteiger partial charge in [0.05, 0.1) is 12.6 Å². The molecule has 0 bridgehead atoms. The lowest BCUT2D eigenvalue weighted by atomic mass is 10.0. The first-order valence-corrected chi connectivity index (χ1v) is 7.24. The summed E-state index contributed by atoms with van der Waals surface area (Å²) in [4.78, 5) is 2.15. The predicted octanol–water partition coefficient (Wildman–Crippen LogP) is 1.70. The summed E-state index contributed by atoms with van der Waals surface area (Å²) in [5, 5.41) is 7.98. The Morgan fingerprint density at radius 2 is 2.25 bits per heavy atom. The van der Waals surface area contributed by atoms with Gasteiger partial charge in [0.25, 0.3) is 0 Å². The predicted molar refractivity (Wildman–Crippen MR) is 76.3 cm³/mol. The second-order valence-electron chi connectivity index (χ2n) is 4.83. The van der Waals surface area contributed by atoms with Crippen molar-refractivity contribution in [3.05, 3.63) is 46.2 Å². The maximum absolute atomic E-state index is 14.1. The fourth-order valence-corrected chi connectivity index (χ4v) is 2.93. The first-order chi connectivity index (χ1) is 9.69. The van der Waals surface area contributed by atoms with Crippen molar-refractivity contribution in [3.8, 4) is 0 Å². The van der Waals surface area contributed by atoms with E-state index in [9.17, 15) is 4.39 Å². The third-order valence-corrected chi connectivity index (χ3v) is 4.15. The second kappa shape index (κ2) is 5.59. The molecule has 0 saturated heterocycles. The Labute approximate surface area is 124 Å². The molecule has 20 heavy (non-hydrogen) atoms. The molecule has 2 N–H and O–H groups in total. The molecule has 1 aliphatic heterocycles. The number of hydrogen-bond donors (Lipinski definition) is 1. The normalized spacial score (nSPS) is 16.9. The molecule has 7 heteroatoms. The molecule has 1 aromatic heterocycles. The number of hydrogen-bond acceptors (Lipinski definition) is 4. The molecule has 0 amide bonds. The lowest BCUT2D eigenvalue weighted by Gasteiger charge is -2.34. The van der Waals surface area contributed by atoms with Crippen LogP contribution in [-0.2, 0) is 13.1 Å². The number of benzene rings is 1. The summed E-state index contributed by atoms with van der Waals surface area (Å²) in [5.74, 6) is 0.661. The van der Waals surface area contributed by atoms with E-state index < -0.39 is 0 Å². The van der Waals surface area contributed by atoms with Gasteiger partial charge in [0.2, 0.25) is 0 Å². The standard InChI is InChI=1S/C13H15BrFN5/c14-9-1-2-10(11(15)5-9)12(6-16)19-3-4-20-8-17-18-13(20)7-19/h1-2,5,8,12H,3-4,6-7,16H2. The largest absolute Gasteiger partial charge is 0.329 e. The quantitative estimate of drug-likeness (QED) is 0.924. The van der Waals surface area contributed by atoms with E-state index in [-0.39, 0.29) is 11.9 Å². The summed E-state index contributed by atoms with van der Waals surface area (Å²) < 4.78 is 16.9. The minimum atomic E-state index is -0.234. The number of halogens is 2. The van der Waals surface area contributed by atoms with Crippen LogP contribution in [0, 0.1) is 5.82 Å². The third kappa shape index (κ3) is 2.48. The zero-order valence-electron chi connectivity index (χ0n) is 10.8. The van der Waals surface area contributed by atoms with E-state index in [2.05, 4.69) is 31.0 Å². The Morgan fingerprint density at radius 3 is 3.00 bits per heavy atom. The van der Waals surface area contributed by atoms with Crippen LogP contribution in [0.1, 0.15) is 17.4 Å². The summed E-state index contributed by atoms with van der Waals surface area (Å²) in [6, 6.07) is 4.96. The summed E-state index contributed by atoms with van der Waals surface area (Å²) in [6.07, 6.45) is 1.73. The second-order valence-corrected chi connectivity index (χ2v) is 5.74. The molecular formula is C13H15BrFN5. The van der Waals surface area contributed by atoms with E-state index in [4.69, 9.17) is 5.73 Å². The number of aromatic nitrogens is 3. The Kier molecular flexibility index (Phi) is 3.82. The average molecular weight is 340 g/mol. The minimum absolute atomic E-state index is 0.145. The fourth-order valence-electron chi connectivity index (χ4n) is 2.60. The maximum atomic E-state index is 14.1. The summed E-state index contributed by atoms with van der Waals surface area (Å²) in [6.45, 7) is 2.61. The van der Waals surface area contributed by atoms with Crippen molar-refractivity contribution in [2.45, 2.75) is 19.1 Å². The highest BCUT2D eigenvalue weighted by Gasteiger charge is 2.26. The van der Waals surface area contributed by atoms with Crippen molar-refractivity contribution in [2.24, 2.45) is 5.73 Å². The molecule has 0 radical (unpaired) electrons. The summed E-state index contributed by atoms with van der Waals surface area (Å²) >= 11 is 3.27. The third-order valence-electron chi connectivity index (χ3n) is 3.65. The van der Waals surface area contributed by atoms with E-state index in [1.807, 2.05) is 10.6 Å². The number of nitrogens with two attached hydrogens (primary N) is 1. The molecule has 5 nitrogen and oxygen atoms in total. The molecule has 2 heterocycles. The van der Waals surface area contributed by atoms with Crippen LogP contribution < -0.4 is 5.73 Å². The van der Waals surface area contributed by atoms with Gasteiger partial charge in [-0.3, -0.25) is 4.90 Å². The van der Waals surface area contributed by atoms with E-state index >= 15 is 0 Å².